The third-order valence-corrected chi connectivity index (χ3v) is 4.76. The topological polar surface area (TPSA) is 86.5 Å². The molecule has 3 unspecified atom stereocenters. The summed E-state index contributed by atoms with van der Waals surface area (Å²) < 4.78 is 16.9. The van der Waals surface area contributed by atoms with Gasteiger partial charge in [0.1, 0.15) is 4.90 Å². The second kappa shape index (κ2) is 6.42. The Morgan fingerprint density at radius 1 is 1.37 bits per heavy atom. The van der Waals surface area contributed by atoms with E-state index >= 15 is 0 Å². The second-order valence-electron chi connectivity index (χ2n) is 4.04. The molecule has 0 heterocycles. The number of rotatable bonds is 5. The van der Waals surface area contributed by atoms with Gasteiger partial charge in [-0.25, -0.2) is 0 Å². The number of carbonyl (C=O) groups is 1. The summed E-state index contributed by atoms with van der Waals surface area (Å²) in [6.07, 6.45) is 0. The minimum atomic E-state index is -1.66. The van der Waals surface area contributed by atoms with Gasteiger partial charge in [-0.3, -0.25) is 19.1 Å². The van der Waals surface area contributed by atoms with Crippen LogP contribution < -0.4 is 0 Å². The highest BCUT2D eigenvalue weighted by atomic mass is 32.2. The van der Waals surface area contributed by atoms with Crippen LogP contribution in [0.1, 0.15) is 13.8 Å². The van der Waals surface area contributed by atoms with Crippen LogP contribution in [0, 0.1) is 16.0 Å². The molecule has 104 valence electrons. The van der Waals surface area contributed by atoms with Crippen molar-refractivity contribution in [2.45, 2.75) is 24.0 Å². The number of nitro groups is 1. The lowest BCUT2D eigenvalue weighted by atomic mass is 10.1. The van der Waals surface area contributed by atoms with E-state index in [4.69, 9.17) is 0 Å². The van der Waals surface area contributed by atoms with E-state index < -0.39 is 32.9 Å². The Bertz CT molecular complexity index is 517. The minimum absolute atomic E-state index is 0.121. The van der Waals surface area contributed by atoms with Crippen LogP contribution in [0.5, 0.6) is 0 Å². The van der Waals surface area contributed by atoms with Gasteiger partial charge in [0.25, 0.3) is 5.69 Å². The quantitative estimate of drug-likeness (QED) is 0.468. The summed E-state index contributed by atoms with van der Waals surface area (Å²) in [7, 11) is -0.406. The van der Waals surface area contributed by atoms with Gasteiger partial charge in [0, 0.05) is 11.3 Å². The SMILES string of the molecule is COC(=O)C(C)C(C)S(=O)c1ccccc1[N+](=O)[O-]. The number of para-hydroxylation sites is 1. The molecule has 0 N–H and O–H groups in total. The molecule has 19 heavy (non-hydrogen) atoms. The Hall–Kier alpha value is -1.76. The maximum absolute atomic E-state index is 12.3. The number of hydrogen-bond acceptors (Lipinski definition) is 5. The second-order valence-corrected chi connectivity index (χ2v) is 5.82. The highest BCUT2D eigenvalue weighted by Gasteiger charge is 2.30. The van der Waals surface area contributed by atoms with Crippen molar-refractivity contribution in [2.75, 3.05) is 7.11 Å². The van der Waals surface area contributed by atoms with Gasteiger partial charge in [-0.2, -0.15) is 0 Å². The van der Waals surface area contributed by atoms with Crippen molar-refractivity contribution in [1.82, 2.24) is 0 Å². The molecule has 1 rings (SSSR count). The first-order valence-corrected chi connectivity index (χ1v) is 6.83. The van der Waals surface area contributed by atoms with Gasteiger partial charge in [-0.05, 0) is 13.0 Å². The van der Waals surface area contributed by atoms with Gasteiger partial charge >= 0.3 is 5.97 Å². The zero-order chi connectivity index (χ0) is 14.6. The van der Waals surface area contributed by atoms with Crippen LogP contribution in [0.3, 0.4) is 0 Å². The van der Waals surface area contributed by atoms with Crippen LogP contribution in [0.2, 0.25) is 0 Å². The number of benzene rings is 1. The predicted molar refractivity (Wildman–Crippen MR) is 70.1 cm³/mol. The van der Waals surface area contributed by atoms with Crippen molar-refractivity contribution in [3.63, 3.8) is 0 Å². The Labute approximate surface area is 113 Å². The monoisotopic (exact) mass is 285 g/mol. The fourth-order valence-electron chi connectivity index (χ4n) is 1.54. The van der Waals surface area contributed by atoms with Crippen molar-refractivity contribution >= 4 is 22.5 Å². The van der Waals surface area contributed by atoms with E-state index in [1.54, 1.807) is 19.9 Å². The maximum Gasteiger partial charge on any atom is 0.309 e. The summed E-state index contributed by atoms with van der Waals surface area (Å²) in [5.74, 6) is -1.09. The first kappa shape index (κ1) is 15.3. The summed E-state index contributed by atoms with van der Waals surface area (Å²) in [5, 5.41) is 10.3. The number of ether oxygens (including phenoxy) is 1. The van der Waals surface area contributed by atoms with Crippen molar-refractivity contribution in [3.8, 4) is 0 Å². The molecule has 3 atom stereocenters. The number of nitro benzene ring substituents is 1. The molecule has 1 aromatic rings. The molecular formula is C12H15NO5S. The Morgan fingerprint density at radius 2 is 1.95 bits per heavy atom. The first-order chi connectivity index (χ1) is 8.90. The van der Waals surface area contributed by atoms with E-state index in [-0.39, 0.29) is 10.6 Å². The Balaban J connectivity index is 3.07. The lowest BCUT2D eigenvalue weighted by Crippen LogP contribution is -2.28. The predicted octanol–water partition coefficient (Wildman–Crippen LogP) is 1.90. The molecule has 1 aromatic carbocycles. The molecule has 0 spiro atoms. The zero-order valence-electron chi connectivity index (χ0n) is 10.9. The van der Waals surface area contributed by atoms with Gasteiger partial charge in [0.2, 0.25) is 0 Å². The average Bonchev–Trinajstić information content (AvgIpc) is 2.43. The molecule has 0 radical (unpaired) electrons. The summed E-state index contributed by atoms with van der Waals surface area (Å²) in [6.45, 7) is 3.19. The third kappa shape index (κ3) is 3.37. The van der Waals surface area contributed by atoms with Crippen molar-refractivity contribution in [3.05, 3.63) is 34.4 Å². The third-order valence-electron chi connectivity index (χ3n) is 2.89. The van der Waals surface area contributed by atoms with E-state index in [0.717, 1.165) is 0 Å². The van der Waals surface area contributed by atoms with E-state index in [9.17, 15) is 19.1 Å². The zero-order valence-corrected chi connectivity index (χ0v) is 11.7. The molecule has 6 nitrogen and oxygen atoms in total. The van der Waals surface area contributed by atoms with Gasteiger partial charge in [0.15, 0.2) is 0 Å². The molecular weight excluding hydrogens is 270 g/mol. The molecule has 0 aliphatic heterocycles. The summed E-state index contributed by atoms with van der Waals surface area (Å²) in [6, 6.07) is 5.82. The van der Waals surface area contributed by atoms with Crippen LogP contribution >= 0.6 is 0 Å². The highest BCUT2D eigenvalue weighted by Crippen LogP contribution is 2.26. The number of esters is 1. The largest absolute Gasteiger partial charge is 0.469 e. The average molecular weight is 285 g/mol. The number of carbonyl (C=O) groups excluding carboxylic acids is 1. The molecule has 0 aliphatic carbocycles. The molecule has 7 heteroatoms. The van der Waals surface area contributed by atoms with Gasteiger partial charge in [-0.1, -0.05) is 19.1 Å². The molecule has 0 aliphatic rings. The minimum Gasteiger partial charge on any atom is -0.469 e. The van der Waals surface area contributed by atoms with Gasteiger partial charge in [0.05, 0.1) is 28.8 Å². The molecule has 0 amide bonds. The smallest absolute Gasteiger partial charge is 0.309 e. The van der Waals surface area contributed by atoms with Crippen LogP contribution in [0.15, 0.2) is 29.2 Å². The van der Waals surface area contributed by atoms with Crippen molar-refractivity contribution < 1.29 is 18.7 Å². The van der Waals surface area contributed by atoms with Crippen LogP contribution in [0.25, 0.3) is 0 Å². The molecule has 0 fully saturated rings. The summed E-state index contributed by atoms with van der Waals surface area (Å²) >= 11 is 0. The van der Waals surface area contributed by atoms with Gasteiger partial charge in [-0.15, -0.1) is 0 Å². The normalized spacial score (nSPS) is 15.3. The summed E-state index contributed by atoms with van der Waals surface area (Å²) in [5.41, 5.74) is -0.204. The van der Waals surface area contributed by atoms with Crippen LogP contribution in [0.4, 0.5) is 5.69 Å². The standard InChI is InChI=1S/C12H15NO5S/c1-8(12(14)18-3)9(2)19(17)11-7-5-4-6-10(11)13(15)16/h4-9H,1-3H3. The van der Waals surface area contributed by atoms with Crippen molar-refractivity contribution in [2.24, 2.45) is 5.92 Å². The Morgan fingerprint density at radius 3 is 2.47 bits per heavy atom. The molecule has 0 saturated carbocycles. The molecule has 0 aromatic heterocycles. The van der Waals surface area contributed by atoms with E-state index in [1.165, 1.54) is 25.3 Å². The lowest BCUT2D eigenvalue weighted by Gasteiger charge is -2.17. The summed E-state index contributed by atoms with van der Waals surface area (Å²) in [4.78, 5) is 21.8. The van der Waals surface area contributed by atoms with Crippen LogP contribution in [-0.4, -0.2) is 27.5 Å². The molecule has 0 saturated heterocycles. The number of methoxy groups -OCH3 is 1. The first-order valence-electron chi connectivity index (χ1n) is 5.62. The maximum atomic E-state index is 12.3. The Kier molecular flexibility index (Phi) is 5.17. The van der Waals surface area contributed by atoms with E-state index in [2.05, 4.69) is 4.74 Å². The number of nitrogens with zero attached hydrogens (tertiary/aromatic N) is 1. The molecule has 0 bridgehead atoms. The number of hydrogen-bond donors (Lipinski definition) is 0. The van der Waals surface area contributed by atoms with Gasteiger partial charge < -0.3 is 4.74 Å². The van der Waals surface area contributed by atoms with Crippen molar-refractivity contribution in [1.29, 1.82) is 0 Å². The lowest BCUT2D eigenvalue weighted by molar-refractivity contribution is -0.387. The van der Waals surface area contributed by atoms with E-state index in [1.807, 2.05) is 0 Å². The van der Waals surface area contributed by atoms with Crippen LogP contribution in [-0.2, 0) is 20.3 Å². The fourth-order valence-corrected chi connectivity index (χ4v) is 2.99. The highest BCUT2D eigenvalue weighted by molar-refractivity contribution is 7.85. The van der Waals surface area contributed by atoms with E-state index in [0.29, 0.717) is 0 Å². The fraction of sp³-hybridized carbons (Fsp3) is 0.417.